The SMILES string of the molecule is COc1ccc(NC(=O)c2cc3c(=O)n(C)c4ccccc4c3n2C)c(OC)c1. The Bertz CT molecular complexity index is 1320. The molecule has 0 aliphatic rings. The van der Waals surface area contributed by atoms with Gasteiger partial charge in [-0.2, -0.15) is 0 Å². The predicted octanol–water partition coefficient (Wildman–Crippen LogP) is 3.30. The van der Waals surface area contributed by atoms with Gasteiger partial charge in [0.15, 0.2) is 0 Å². The summed E-state index contributed by atoms with van der Waals surface area (Å²) < 4.78 is 13.9. The predicted molar refractivity (Wildman–Crippen MR) is 113 cm³/mol. The van der Waals surface area contributed by atoms with Gasteiger partial charge < -0.3 is 23.9 Å². The van der Waals surface area contributed by atoms with E-state index >= 15 is 0 Å². The van der Waals surface area contributed by atoms with Gasteiger partial charge in [0.25, 0.3) is 11.5 Å². The van der Waals surface area contributed by atoms with Crippen LogP contribution in [0.5, 0.6) is 11.5 Å². The molecule has 7 heteroatoms. The molecular weight excluding hydrogens is 370 g/mol. The Morgan fingerprint density at radius 2 is 1.69 bits per heavy atom. The lowest BCUT2D eigenvalue weighted by atomic mass is 10.1. The summed E-state index contributed by atoms with van der Waals surface area (Å²) in [5.74, 6) is 0.774. The number of carbonyl (C=O) groups excluding carboxylic acids is 1. The van der Waals surface area contributed by atoms with E-state index in [0.717, 1.165) is 16.4 Å². The number of nitrogens with one attached hydrogen (secondary N) is 1. The highest BCUT2D eigenvalue weighted by Gasteiger charge is 2.20. The molecule has 1 N–H and O–H groups in total. The first-order chi connectivity index (χ1) is 14.0. The van der Waals surface area contributed by atoms with Gasteiger partial charge in [0.2, 0.25) is 0 Å². The smallest absolute Gasteiger partial charge is 0.272 e. The van der Waals surface area contributed by atoms with E-state index in [1.165, 1.54) is 7.11 Å². The van der Waals surface area contributed by atoms with E-state index in [-0.39, 0.29) is 11.5 Å². The number of methoxy groups -OCH3 is 2. The highest BCUT2D eigenvalue weighted by molar-refractivity contribution is 6.11. The minimum Gasteiger partial charge on any atom is -0.497 e. The van der Waals surface area contributed by atoms with Crippen LogP contribution in [0, 0.1) is 0 Å². The molecule has 0 fully saturated rings. The van der Waals surface area contributed by atoms with Crippen LogP contribution < -0.4 is 20.3 Å². The van der Waals surface area contributed by atoms with Crippen molar-refractivity contribution in [2.75, 3.05) is 19.5 Å². The molecule has 0 bridgehead atoms. The fourth-order valence-corrected chi connectivity index (χ4v) is 3.65. The molecule has 0 atom stereocenters. The van der Waals surface area contributed by atoms with Crippen LogP contribution >= 0.6 is 0 Å². The average Bonchev–Trinajstić information content (AvgIpc) is 3.09. The van der Waals surface area contributed by atoms with Crippen LogP contribution in [-0.4, -0.2) is 29.3 Å². The summed E-state index contributed by atoms with van der Waals surface area (Å²) in [6.07, 6.45) is 0. The monoisotopic (exact) mass is 391 g/mol. The lowest BCUT2D eigenvalue weighted by Crippen LogP contribution is -2.17. The van der Waals surface area contributed by atoms with E-state index in [1.54, 1.807) is 54.6 Å². The van der Waals surface area contributed by atoms with E-state index in [0.29, 0.717) is 28.3 Å². The summed E-state index contributed by atoms with van der Waals surface area (Å²) in [4.78, 5) is 25.9. The lowest BCUT2D eigenvalue weighted by molar-refractivity contribution is 0.101. The van der Waals surface area contributed by atoms with Gasteiger partial charge in [-0.1, -0.05) is 18.2 Å². The van der Waals surface area contributed by atoms with Crippen molar-refractivity contribution in [2.45, 2.75) is 0 Å². The van der Waals surface area contributed by atoms with Gasteiger partial charge in [-0.3, -0.25) is 9.59 Å². The quantitative estimate of drug-likeness (QED) is 0.579. The molecule has 0 saturated heterocycles. The normalized spacial score (nSPS) is 11.0. The Balaban J connectivity index is 1.84. The molecule has 4 aromatic rings. The molecular formula is C22H21N3O4. The van der Waals surface area contributed by atoms with Crippen molar-refractivity contribution in [1.29, 1.82) is 0 Å². The molecule has 0 unspecified atom stereocenters. The molecule has 0 saturated carbocycles. The van der Waals surface area contributed by atoms with Crippen molar-refractivity contribution in [3.05, 3.63) is 64.6 Å². The molecule has 0 aliphatic heterocycles. The summed E-state index contributed by atoms with van der Waals surface area (Å²) in [7, 11) is 6.61. The molecule has 2 aromatic carbocycles. The molecule has 29 heavy (non-hydrogen) atoms. The molecule has 2 aromatic heterocycles. The summed E-state index contributed by atoms with van der Waals surface area (Å²) in [5.41, 5.74) is 2.30. The number of ether oxygens (including phenoxy) is 2. The molecule has 0 aliphatic carbocycles. The number of fused-ring (bicyclic) bond motifs is 3. The zero-order valence-corrected chi connectivity index (χ0v) is 16.6. The molecule has 0 spiro atoms. The number of amides is 1. The first-order valence-corrected chi connectivity index (χ1v) is 9.06. The van der Waals surface area contributed by atoms with Crippen molar-refractivity contribution >= 4 is 33.4 Å². The molecule has 148 valence electrons. The Kier molecular flexibility index (Phi) is 4.50. The van der Waals surface area contributed by atoms with E-state index in [2.05, 4.69) is 5.32 Å². The maximum absolute atomic E-state index is 13.0. The maximum Gasteiger partial charge on any atom is 0.272 e. The summed E-state index contributed by atoms with van der Waals surface area (Å²) in [6.45, 7) is 0. The number of aryl methyl sites for hydroxylation is 2. The third-order valence-electron chi connectivity index (χ3n) is 5.18. The second kappa shape index (κ2) is 7.01. The van der Waals surface area contributed by atoms with E-state index in [1.807, 2.05) is 24.3 Å². The number of anilines is 1. The molecule has 7 nitrogen and oxygen atoms in total. The Morgan fingerprint density at radius 1 is 0.931 bits per heavy atom. The molecule has 4 rings (SSSR count). The van der Waals surface area contributed by atoms with Gasteiger partial charge in [0.1, 0.15) is 17.2 Å². The maximum atomic E-state index is 13.0. The topological polar surface area (TPSA) is 74.5 Å². The highest BCUT2D eigenvalue weighted by Crippen LogP contribution is 2.30. The number of pyridine rings is 1. The van der Waals surface area contributed by atoms with Gasteiger partial charge in [0.05, 0.1) is 36.3 Å². The van der Waals surface area contributed by atoms with Crippen molar-refractivity contribution in [3.63, 3.8) is 0 Å². The third-order valence-corrected chi connectivity index (χ3v) is 5.18. The van der Waals surface area contributed by atoms with E-state index in [9.17, 15) is 9.59 Å². The van der Waals surface area contributed by atoms with Crippen molar-refractivity contribution in [1.82, 2.24) is 9.13 Å². The van der Waals surface area contributed by atoms with Crippen LogP contribution in [0.1, 0.15) is 10.5 Å². The number of para-hydroxylation sites is 1. The zero-order chi connectivity index (χ0) is 20.7. The zero-order valence-electron chi connectivity index (χ0n) is 16.6. The van der Waals surface area contributed by atoms with Crippen LogP contribution in [0.2, 0.25) is 0 Å². The first-order valence-electron chi connectivity index (χ1n) is 9.06. The van der Waals surface area contributed by atoms with Gasteiger partial charge >= 0.3 is 0 Å². The average molecular weight is 391 g/mol. The van der Waals surface area contributed by atoms with Crippen LogP contribution in [0.3, 0.4) is 0 Å². The van der Waals surface area contributed by atoms with Crippen molar-refractivity contribution in [2.24, 2.45) is 14.1 Å². The van der Waals surface area contributed by atoms with Crippen LogP contribution in [-0.2, 0) is 14.1 Å². The standard InChI is InChI=1S/C22H21N3O4/c1-24-18(21(26)23-16-10-9-13(28-3)11-19(16)29-4)12-15-20(24)14-7-5-6-8-17(14)25(2)22(15)27/h5-12H,1-4H3,(H,23,26). The van der Waals surface area contributed by atoms with Gasteiger partial charge in [-0.05, 0) is 24.3 Å². The Labute approximate surface area is 167 Å². The third kappa shape index (κ3) is 2.91. The number of hydrogen-bond acceptors (Lipinski definition) is 4. The number of carbonyl (C=O) groups is 1. The van der Waals surface area contributed by atoms with Crippen LogP contribution in [0.15, 0.2) is 53.3 Å². The number of benzene rings is 2. The summed E-state index contributed by atoms with van der Waals surface area (Å²) in [5, 5.41) is 4.27. The number of rotatable bonds is 4. The van der Waals surface area contributed by atoms with Crippen LogP contribution in [0.4, 0.5) is 5.69 Å². The lowest BCUT2D eigenvalue weighted by Gasteiger charge is -2.12. The van der Waals surface area contributed by atoms with Gasteiger partial charge in [-0.15, -0.1) is 0 Å². The Morgan fingerprint density at radius 3 is 2.41 bits per heavy atom. The Hall–Kier alpha value is -3.74. The fourth-order valence-electron chi connectivity index (χ4n) is 3.65. The van der Waals surface area contributed by atoms with Crippen LogP contribution in [0.25, 0.3) is 21.8 Å². The summed E-state index contributed by atoms with van der Waals surface area (Å²) >= 11 is 0. The molecule has 0 radical (unpaired) electrons. The molecule has 1 amide bonds. The van der Waals surface area contributed by atoms with E-state index < -0.39 is 0 Å². The second-order valence-corrected chi connectivity index (χ2v) is 6.75. The largest absolute Gasteiger partial charge is 0.497 e. The van der Waals surface area contributed by atoms with Crippen molar-refractivity contribution < 1.29 is 14.3 Å². The number of aromatic nitrogens is 2. The minimum atomic E-state index is -0.335. The van der Waals surface area contributed by atoms with E-state index in [4.69, 9.17) is 9.47 Å². The van der Waals surface area contributed by atoms with Crippen molar-refractivity contribution in [3.8, 4) is 11.5 Å². The second-order valence-electron chi connectivity index (χ2n) is 6.75. The van der Waals surface area contributed by atoms with Gasteiger partial charge in [-0.25, -0.2) is 0 Å². The van der Waals surface area contributed by atoms with Gasteiger partial charge in [0, 0.05) is 25.5 Å². The number of nitrogens with zero attached hydrogens (tertiary/aromatic N) is 2. The summed E-state index contributed by atoms with van der Waals surface area (Å²) in [6, 6.07) is 14.4. The first kappa shape index (κ1) is 18.6. The molecule has 2 heterocycles. The highest BCUT2D eigenvalue weighted by atomic mass is 16.5. The minimum absolute atomic E-state index is 0.143. The fraction of sp³-hybridized carbons (Fsp3) is 0.182. The number of hydrogen-bond donors (Lipinski definition) is 1.